The third kappa shape index (κ3) is 4.09. The fourth-order valence-electron chi connectivity index (χ4n) is 5.37. The van der Waals surface area contributed by atoms with Crippen molar-refractivity contribution in [2.45, 2.75) is 57.6 Å². The summed E-state index contributed by atoms with van der Waals surface area (Å²) in [6, 6.07) is 4.30. The van der Waals surface area contributed by atoms with Gasteiger partial charge in [-0.1, -0.05) is 20.3 Å². The van der Waals surface area contributed by atoms with Gasteiger partial charge in [-0.05, 0) is 55.8 Å². The summed E-state index contributed by atoms with van der Waals surface area (Å²) in [5, 5.41) is 0. The van der Waals surface area contributed by atoms with E-state index in [9.17, 15) is 4.79 Å². The topological polar surface area (TPSA) is 77.7 Å². The Bertz CT molecular complexity index is 662. The highest BCUT2D eigenvalue weighted by Crippen LogP contribution is 2.48. The summed E-state index contributed by atoms with van der Waals surface area (Å²) in [6.07, 6.45) is 7.42. The third-order valence-corrected chi connectivity index (χ3v) is 6.84. The van der Waals surface area contributed by atoms with Crippen LogP contribution in [0.5, 0.6) is 0 Å². The second-order valence-electron chi connectivity index (χ2n) is 8.28. The number of hydrogen-bond donors (Lipinski definition) is 1. The SMILES string of the molecule is CCN(CC1CCCC(C)C1(OC)c1ccnc(C(N)=O)c1)C1CCCOC1. The van der Waals surface area contributed by atoms with Crippen molar-refractivity contribution >= 4 is 5.91 Å². The number of methoxy groups -OCH3 is 1. The Morgan fingerprint density at radius 1 is 1.39 bits per heavy atom. The number of likely N-dealkylation sites (N-methyl/N-ethyl adjacent to an activating group) is 1. The van der Waals surface area contributed by atoms with Crippen molar-refractivity contribution in [2.24, 2.45) is 17.6 Å². The van der Waals surface area contributed by atoms with Gasteiger partial charge in [0.1, 0.15) is 5.69 Å². The molecule has 4 atom stereocenters. The second-order valence-corrected chi connectivity index (χ2v) is 8.28. The van der Waals surface area contributed by atoms with Crippen molar-refractivity contribution < 1.29 is 14.3 Å². The minimum absolute atomic E-state index is 0.304. The Labute approximate surface area is 168 Å². The molecule has 2 aliphatic rings. The molecule has 2 heterocycles. The number of aromatic nitrogens is 1. The zero-order chi connectivity index (χ0) is 20.1. The number of carbonyl (C=O) groups excluding carboxylic acids is 1. The Kier molecular flexibility index (Phi) is 7.07. The molecule has 1 saturated carbocycles. The van der Waals surface area contributed by atoms with Crippen LogP contribution in [0.15, 0.2) is 18.3 Å². The molecule has 1 aromatic rings. The fraction of sp³-hybridized carbons (Fsp3) is 0.727. The highest BCUT2D eigenvalue weighted by atomic mass is 16.5. The Morgan fingerprint density at radius 3 is 2.86 bits per heavy atom. The molecule has 4 unspecified atom stereocenters. The van der Waals surface area contributed by atoms with Gasteiger partial charge in [0, 0.05) is 38.4 Å². The van der Waals surface area contributed by atoms with E-state index in [-0.39, 0.29) is 0 Å². The van der Waals surface area contributed by atoms with Crippen LogP contribution in [-0.4, -0.2) is 55.2 Å². The predicted octanol–water partition coefficient (Wildman–Crippen LogP) is 2.96. The minimum atomic E-state index is -0.498. The van der Waals surface area contributed by atoms with Gasteiger partial charge in [0.25, 0.3) is 5.91 Å². The molecule has 0 spiro atoms. The van der Waals surface area contributed by atoms with Gasteiger partial charge in [-0.25, -0.2) is 0 Å². The van der Waals surface area contributed by atoms with Crippen molar-refractivity contribution in [2.75, 3.05) is 33.4 Å². The van der Waals surface area contributed by atoms with Crippen molar-refractivity contribution in [1.29, 1.82) is 0 Å². The normalized spacial score (nSPS) is 31.1. The first-order valence-corrected chi connectivity index (χ1v) is 10.7. The summed E-state index contributed by atoms with van der Waals surface area (Å²) in [6.45, 7) is 8.16. The number of rotatable bonds is 7. The summed E-state index contributed by atoms with van der Waals surface area (Å²) in [4.78, 5) is 18.4. The molecule has 6 heteroatoms. The number of nitrogens with zero attached hydrogens (tertiary/aromatic N) is 2. The summed E-state index contributed by atoms with van der Waals surface area (Å²) in [5.41, 5.74) is 6.39. The number of ether oxygens (including phenoxy) is 2. The molecule has 156 valence electrons. The highest BCUT2D eigenvalue weighted by Gasteiger charge is 2.48. The van der Waals surface area contributed by atoms with E-state index >= 15 is 0 Å². The monoisotopic (exact) mass is 389 g/mol. The first kappa shape index (κ1) is 21.2. The molecule has 1 aromatic heterocycles. The molecule has 1 aliphatic heterocycles. The van der Waals surface area contributed by atoms with Gasteiger partial charge in [-0.2, -0.15) is 0 Å². The van der Waals surface area contributed by atoms with Gasteiger partial charge in [-0.15, -0.1) is 0 Å². The summed E-state index contributed by atoms with van der Waals surface area (Å²) < 4.78 is 12.1. The lowest BCUT2D eigenvalue weighted by molar-refractivity contribution is -0.137. The molecular weight excluding hydrogens is 354 g/mol. The number of nitrogens with two attached hydrogens (primary N) is 1. The van der Waals surface area contributed by atoms with E-state index in [1.807, 2.05) is 12.1 Å². The summed E-state index contributed by atoms with van der Waals surface area (Å²) in [5.74, 6) is 0.189. The quantitative estimate of drug-likeness (QED) is 0.776. The molecule has 1 aliphatic carbocycles. The maximum atomic E-state index is 11.7. The zero-order valence-electron chi connectivity index (χ0n) is 17.5. The molecule has 0 aromatic carbocycles. The molecule has 1 saturated heterocycles. The van der Waals surface area contributed by atoms with Gasteiger partial charge in [-0.3, -0.25) is 14.7 Å². The molecular formula is C22H35N3O3. The number of carbonyl (C=O) groups is 1. The number of hydrogen-bond acceptors (Lipinski definition) is 5. The van der Waals surface area contributed by atoms with Gasteiger partial charge < -0.3 is 15.2 Å². The Morgan fingerprint density at radius 2 is 2.21 bits per heavy atom. The van der Waals surface area contributed by atoms with Crippen LogP contribution in [0.1, 0.15) is 62.0 Å². The maximum Gasteiger partial charge on any atom is 0.267 e. The molecule has 0 bridgehead atoms. The molecule has 6 nitrogen and oxygen atoms in total. The number of primary amides is 1. The number of pyridine rings is 1. The lowest BCUT2D eigenvalue weighted by Crippen LogP contribution is -2.52. The van der Waals surface area contributed by atoms with Gasteiger partial charge in [0.2, 0.25) is 0 Å². The van der Waals surface area contributed by atoms with E-state index < -0.39 is 11.5 Å². The van der Waals surface area contributed by atoms with Crippen LogP contribution in [0.2, 0.25) is 0 Å². The van der Waals surface area contributed by atoms with E-state index in [0.717, 1.165) is 51.1 Å². The van der Waals surface area contributed by atoms with E-state index in [1.165, 1.54) is 12.8 Å². The van der Waals surface area contributed by atoms with Crippen LogP contribution in [0.25, 0.3) is 0 Å². The van der Waals surface area contributed by atoms with Crippen LogP contribution in [0.4, 0.5) is 0 Å². The average Bonchev–Trinajstić information content (AvgIpc) is 2.73. The molecule has 2 fully saturated rings. The fourth-order valence-corrected chi connectivity index (χ4v) is 5.37. The van der Waals surface area contributed by atoms with E-state index in [0.29, 0.717) is 23.6 Å². The molecule has 28 heavy (non-hydrogen) atoms. The van der Waals surface area contributed by atoms with E-state index in [1.54, 1.807) is 13.3 Å². The minimum Gasteiger partial charge on any atom is -0.380 e. The highest BCUT2D eigenvalue weighted by molar-refractivity contribution is 5.90. The van der Waals surface area contributed by atoms with Crippen LogP contribution in [0.3, 0.4) is 0 Å². The van der Waals surface area contributed by atoms with Crippen molar-refractivity contribution in [3.63, 3.8) is 0 Å². The standard InChI is InChI=1S/C22H35N3O3/c1-4-25(19-9-6-12-28-15-19)14-18-8-5-7-16(2)22(18,27-3)17-10-11-24-20(13-17)21(23)26/h10-11,13,16,18-19H,4-9,12,14-15H2,1-3H3,(H2,23,26). The molecule has 3 rings (SSSR count). The largest absolute Gasteiger partial charge is 0.380 e. The van der Waals surface area contributed by atoms with Crippen LogP contribution in [0, 0.1) is 11.8 Å². The Balaban J connectivity index is 1.93. The summed E-state index contributed by atoms with van der Waals surface area (Å²) >= 11 is 0. The smallest absolute Gasteiger partial charge is 0.267 e. The van der Waals surface area contributed by atoms with E-state index in [2.05, 4.69) is 23.7 Å². The second kappa shape index (κ2) is 9.33. The van der Waals surface area contributed by atoms with Crippen molar-refractivity contribution in [1.82, 2.24) is 9.88 Å². The molecule has 1 amide bonds. The van der Waals surface area contributed by atoms with Gasteiger partial charge in [0.05, 0.1) is 12.2 Å². The molecule has 2 N–H and O–H groups in total. The van der Waals surface area contributed by atoms with Crippen LogP contribution >= 0.6 is 0 Å². The predicted molar refractivity (Wildman–Crippen MR) is 109 cm³/mol. The third-order valence-electron chi connectivity index (χ3n) is 6.84. The van der Waals surface area contributed by atoms with Crippen molar-refractivity contribution in [3.05, 3.63) is 29.6 Å². The summed E-state index contributed by atoms with van der Waals surface area (Å²) in [7, 11) is 1.80. The van der Waals surface area contributed by atoms with Crippen LogP contribution in [-0.2, 0) is 15.1 Å². The first-order chi connectivity index (χ1) is 13.5. The van der Waals surface area contributed by atoms with Gasteiger partial charge in [0.15, 0.2) is 0 Å². The van der Waals surface area contributed by atoms with Gasteiger partial charge >= 0.3 is 0 Å². The van der Waals surface area contributed by atoms with E-state index in [4.69, 9.17) is 15.2 Å². The number of amides is 1. The molecule has 0 radical (unpaired) electrons. The first-order valence-electron chi connectivity index (χ1n) is 10.7. The Hall–Kier alpha value is -1.50. The maximum absolute atomic E-state index is 11.7. The van der Waals surface area contributed by atoms with Crippen molar-refractivity contribution in [3.8, 4) is 0 Å². The lowest BCUT2D eigenvalue weighted by atomic mass is 9.65. The van der Waals surface area contributed by atoms with Crippen LogP contribution < -0.4 is 5.73 Å². The zero-order valence-corrected chi connectivity index (χ0v) is 17.5. The average molecular weight is 390 g/mol. The lowest BCUT2D eigenvalue weighted by Gasteiger charge is -2.50.